The summed E-state index contributed by atoms with van der Waals surface area (Å²) in [6.45, 7) is 10.7. The lowest BCUT2D eigenvalue weighted by molar-refractivity contribution is -0.144. The molecule has 0 N–H and O–H groups in total. The molecule has 2 aromatic heterocycles. The van der Waals surface area contributed by atoms with Gasteiger partial charge in [-0.15, -0.1) is 10.2 Å². The van der Waals surface area contributed by atoms with Crippen molar-refractivity contribution < 1.29 is 9.59 Å². The Labute approximate surface area is 246 Å². The number of carbonyl (C=O) groups is 2. The van der Waals surface area contributed by atoms with E-state index in [-0.39, 0.29) is 29.5 Å². The molecule has 1 aliphatic rings. The third-order valence-electron chi connectivity index (χ3n) is 8.12. The van der Waals surface area contributed by atoms with Crippen LogP contribution in [0.3, 0.4) is 0 Å². The molecule has 2 amide bonds. The summed E-state index contributed by atoms with van der Waals surface area (Å²) in [6, 6.07) is 16.7. The average molecular weight is 573 g/mol. The molecule has 0 aliphatic carbocycles. The maximum atomic E-state index is 13.2. The molecule has 1 saturated heterocycles. The predicted octanol–water partition coefficient (Wildman–Crippen LogP) is 5.70. The summed E-state index contributed by atoms with van der Waals surface area (Å²) in [7, 11) is 0. The van der Waals surface area contributed by atoms with Gasteiger partial charge in [0.15, 0.2) is 5.65 Å². The number of hydrogen-bond donors (Lipinski definition) is 0. The first-order chi connectivity index (χ1) is 19.9. The van der Waals surface area contributed by atoms with E-state index in [0.29, 0.717) is 31.3 Å². The van der Waals surface area contributed by atoms with Crippen LogP contribution in [0.15, 0.2) is 53.7 Å². The summed E-state index contributed by atoms with van der Waals surface area (Å²) in [5.41, 5.74) is 4.94. The summed E-state index contributed by atoms with van der Waals surface area (Å²) in [6.07, 6.45) is 3.98. The van der Waals surface area contributed by atoms with Crippen molar-refractivity contribution in [3.05, 3.63) is 59.7 Å². The zero-order chi connectivity index (χ0) is 28.9. The molecule has 2 aromatic carbocycles. The van der Waals surface area contributed by atoms with Crippen LogP contribution in [-0.4, -0.2) is 72.8 Å². The summed E-state index contributed by atoms with van der Waals surface area (Å²) in [5, 5.41) is 10.5. The molecular weight excluding hydrogens is 532 g/mol. The van der Waals surface area contributed by atoms with Gasteiger partial charge in [-0.3, -0.25) is 9.59 Å². The van der Waals surface area contributed by atoms with Crippen molar-refractivity contribution in [3.8, 4) is 0 Å². The smallest absolute Gasteiger partial charge is 0.233 e. The van der Waals surface area contributed by atoms with E-state index in [1.54, 1.807) is 0 Å². The van der Waals surface area contributed by atoms with Crippen LogP contribution in [0.4, 0.5) is 0 Å². The van der Waals surface area contributed by atoms with Crippen molar-refractivity contribution in [2.75, 3.05) is 25.4 Å². The van der Waals surface area contributed by atoms with E-state index in [9.17, 15) is 9.59 Å². The molecule has 9 heteroatoms. The van der Waals surface area contributed by atoms with Crippen molar-refractivity contribution >= 4 is 45.6 Å². The van der Waals surface area contributed by atoms with Crippen LogP contribution < -0.4 is 0 Å². The number of amides is 2. The monoisotopic (exact) mass is 572 g/mol. The van der Waals surface area contributed by atoms with Crippen LogP contribution in [-0.2, 0) is 16.1 Å². The molecule has 8 nitrogen and oxygen atoms in total. The Bertz CT molecular complexity index is 1520. The molecule has 4 aromatic rings. The molecule has 0 bridgehead atoms. The van der Waals surface area contributed by atoms with Gasteiger partial charge in [0, 0.05) is 43.5 Å². The van der Waals surface area contributed by atoms with Gasteiger partial charge in [-0.05, 0) is 44.4 Å². The molecule has 0 spiro atoms. The Hall–Kier alpha value is -3.46. The van der Waals surface area contributed by atoms with Gasteiger partial charge >= 0.3 is 0 Å². The Morgan fingerprint density at radius 1 is 1.07 bits per heavy atom. The second-order valence-corrected chi connectivity index (χ2v) is 12.1. The number of aryl methyl sites for hydroxylation is 1. The largest absolute Gasteiger partial charge is 0.338 e. The van der Waals surface area contributed by atoms with Gasteiger partial charge in [-0.2, -0.15) is 0 Å². The summed E-state index contributed by atoms with van der Waals surface area (Å²) in [4.78, 5) is 35.1. The van der Waals surface area contributed by atoms with Gasteiger partial charge in [0.2, 0.25) is 17.0 Å². The van der Waals surface area contributed by atoms with Gasteiger partial charge in [-0.1, -0.05) is 80.4 Å². The number of thioether (sulfide) groups is 1. The number of hydrogen-bond acceptors (Lipinski definition) is 6. The highest BCUT2D eigenvalue weighted by molar-refractivity contribution is 7.99. The Morgan fingerprint density at radius 2 is 1.88 bits per heavy atom. The number of rotatable bonds is 10. The number of fused-ring (bicyclic) bond motifs is 3. The molecule has 5 rings (SSSR count). The third kappa shape index (κ3) is 6.40. The van der Waals surface area contributed by atoms with E-state index in [1.165, 1.54) is 17.3 Å². The van der Waals surface area contributed by atoms with Crippen molar-refractivity contribution in [1.29, 1.82) is 0 Å². The molecule has 1 fully saturated rings. The number of aromatic nitrogens is 4. The Balaban J connectivity index is 1.28. The van der Waals surface area contributed by atoms with Gasteiger partial charge in [-0.25, -0.2) is 4.98 Å². The topological polar surface area (TPSA) is 84.2 Å². The van der Waals surface area contributed by atoms with E-state index in [0.717, 1.165) is 53.3 Å². The van der Waals surface area contributed by atoms with Gasteiger partial charge < -0.3 is 14.4 Å². The van der Waals surface area contributed by atoms with E-state index in [2.05, 4.69) is 65.9 Å². The molecule has 3 heterocycles. The van der Waals surface area contributed by atoms with Crippen LogP contribution in [0.25, 0.3) is 22.1 Å². The lowest BCUT2D eigenvalue weighted by Crippen LogP contribution is -2.56. The van der Waals surface area contributed by atoms with Crippen molar-refractivity contribution in [2.45, 2.75) is 71.1 Å². The highest BCUT2D eigenvalue weighted by atomic mass is 32.2. The molecule has 216 valence electrons. The Kier molecular flexibility index (Phi) is 9.22. The summed E-state index contributed by atoms with van der Waals surface area (Å²) < 4.78 is 2.18. The van der Waals surface area contributed by atoms with Crippen molar-refractivity contribution in [3.63, 3.8) is 0 Å². The maximum absolute atomic E-state index is 13.2. The van der Waals surface area contributed by atoms with Crippen molar-refractivity contribution in [1.82, 2.24) is 29.5 Å². The van der Waals surface area contributed by atoms with Crippen LogP contribution in [0.2, 0.25) is 0 Å². The second-order valence-electron chi connectivity index (χ2n) is 11.1. The average Bonchev–Trinajstić information content (AvgIpc) is 3.28. The lowest BCUT2D eigenvalue weighted by atomic mass is 9.96. The first-order valence-electron chi connectivity index (χ1n) is 14.8. The van der Waals surface area contributed by atoms with Crippen LogP contribution in [0.5, 0.6) is 0 Å². The van der Waals surface area contributed by atoms with E-state index in [4.69, 9.17) is 4.98 Å². The number of benzene rings is 2. The van der Waals surface area contributed by atoms with Gasteiger partial charge in [0.1, 0.15) is 5.52 Å². The number of nitrogens with zero attached hydrogens (tertiary/aromatic N) is 6. The third-order valence-corrected chi connectivity index (χ3v) is 8.94. The van der Waals surface area contributed by atoms with Crippen molar-refractivity contribution in [2.24, 2.45) is 5.92 Å². The van der Waals surface area contributed by atoms with E-state index >= 15 is 0 Å². The quantitative estimate of drug-likeness (QED) is 0.227. The molecule has 2 atom stereocenters. The first kappa shape index (κ1) is 29.0. The van der Waals surface area contributed by atoms with Gasteiger partial charge in [0.05, 0.1) is 11.3 Å². The lowest BCUT2D eigenvalue weighted by Gasteiger charge is -2.41. The predicted molar refractivity (Wildman–Crippen MR) is 165 cm³/mol. The van der Waals surface area contributed by atoms with Gasteiger partial charge in [0.25, 0.3) is 0 Å². The summed E-state index contributed by atoms with van der Waals surface area (Å²) >= 11 is 1.32. The molecule has 0 saturated carbocycles. The fourth-order valence-corrected chi connectivity index (χ4v) is 6.44. The first-order valence-corrected chi connectivity index (χ1v) is 15.8. The van der Waals surface area contributed by atoms with Crippen LogP contribution in [0, 0.1) is 12.8 Å². The fraction of sp³-hybridized carbons (Fsp3) is 0.469. The van der Waals surface area contributed by atoms with Crippen LogP contribution in [0.1, 0.15) is 57.6 Å². The molecular formula is C32H40N6O2S. The normalized spacial score (nSPS) is 16.4. The number of unbranched alkanes of at least 4 members (excludes halogenated alkanes) is 1. The zero-order valence-corrected chi connectivity index (χ0v) is 25.4. The van der Waals surface area contributed by atoms with Crippen LogP contribution >= 0.6 is 11.8 Å². The SMILES string of the molecule is CCCCC(CC)C(=O)N1CCN(C(=O)CSc2nnc3c4cc(C)ccc4n(Cc4ccccc4)c3n2)CC1C. The summed E-state index contributed by atoms with van der Waals surface area (Å²) in [5.74, 6) is 0.594. The molecule has 2 unspecified atom stereocenters. The minimum Gasteiger partial charge on any atom is -0.338 e. The Morgan fingerprint density at radius 3 is 2.61 bits per heavy atom. The molecule has 0 radical (unpaired) electrons. The number of carbonyl (C=O) groups excluding carboxylic acids is 2. The standard InChI is InChI=1S/C32H40N6O2S/c1-5-7-13-25(6-2)31(40)37-17-16-36(19-23(37)4)28(39)21-41-32-33-30-29(34-35-32)26-18-22(3)14-15-27(26)38(30)20-24-11-9-8-10-12-24/h8-12,14-15,18,23,25H,5-7,13,16-17,19-21H2,1-4H3. The maximum Gasteiger partial charge on any atom is 0.233 e. The highest BCUT2D eigenvalue weighted by Crippen LogP contribution is 2.29. The zero-order valence-electron chi connectivity index (χ0n) is 24.5. The minimum absolute atomic E-state index is 0.00675. The number of piperazine rings is 1. The fourth-order valence-electron chi connectivity index (χ4n) is 5.76. The van der Waals surface area contributed by atoms with E-state index < -0.39 is 0 Å². The molecule has 1 aliphatic heterocycles. The second kappa shape index (κ2) is 13.0. The molecule has 41 heavy (non-hydrogen) atoms. The minimum atomic E-state index is 0.00675. The highest BCUT2D eigenvalue weighted by Gasteiger charge is 2.32. The van der Waals surface area contributed by atoms with E-state index in [1.807, 2.05) is 34.9 Å².